The summed E-state index contributed by atoms with van der Waals surface area (Å²) in [5.74, 6) is 0.771. The highest BCUT2D eigenvalue weighted by atomic mass is 16.5. The van der Waals surface area contributed by atoms with E-state index in [0.29, 0.717) is 12.0 Å². The maximum Gasteiger partial charge on any atom is 0.150 e. The number of rotatable bonds is 2. The molecule has 0 spiro atoms. The molecular weight excluding hydrogens is 192 g/mol. The number of hydrogen-bond acceptors (Lipinski definition) is 3. The van der Waals surface area contributed by atoms with E-state index in [0.717, 1.165) is 17.6 Å². The molecule has 1 heterocycles. The Labute approximate surface area is 88.7 Å². The average Bonchev–Trinajstić information content (AvgIpc) is 2.59. The molecule has 1 unspecified atom stereocenters. The number of hydrogen-bond donors (Lipinski definition) is 1. The minimum Gasteiger partial charge on any atom is -0.487 e. The van der Waals surface area contributed by atoms with Crippen LogP contribution in [0.1, 0.15) is 29.8 Å². The van der Waals surface area contributed by atoms with E-state index < -0.39 is 5.60 Å². The van der Waals surface area contributed by atoms with Crippen LogP contribution < -0.4 is 4.74 Å². The van der Waals surface area contributed by atoms with Gasteiger partial charge in [-0.2, -0.15) is 0 Å². The first-order valence-electron chi connectivity index (χ1n) is 4.98. The standard InChI is InChI=1S/C12H14O3/c1-12(2,14)11-6-9-5-8(7-13)3-4-10(9)15-11/h3-5,7,11,14H,6H2,1-2H3. The topological polar surface area (TPSA) is 46.5 Å². The Balaban J connectivity index is 2.27. The SMILES string of the molecule is CC(C)(O)C1Cc2cc(C=O)ccc2O1. The molecule has 15 heavy (non-hydrogen) atoms. The van der Waals surface area contributed by atoms with Gasteiger partial charge in [0.25, 0.3) is 0 Å². The minimum absolute atomic E-state index is 0.227. The smallest absolute Gasteiger partial charge is 0.150 e. The van der Waals surface area contributed by atoms with E-state index in [1.54, 1.807) is 26.0 Å². The fourth-order valence-corrected chi connectivity index (χ4v) is 1.74. The molecule has 0 amide bonds. The summed E-state index contributed by atoms with van der Waals surface area (Å²) in [7, 11) is 0. The summed E-state index contributed by atoms with van der Waals surface area (Å²) in [6, 6.07) is 5.32. The van der Waals surface area contributed by atoms with Gasteiger partial charge in [-0.15, -0.1) is 0 Å². The second kappa shape index (κ2) is 3.35. The van der Waals surface area contributed by atoms with E-state index in [2.05, 4.69) is 0 Å². The highest BCUT2D eigenvalue weighted by molar-refractivity contribution is 5.75. The number of aliphatic hydroxyl groups is 1. The molecule has 0 saturated heterocycles. The summed E-state index contributed by atoms with van der Waals surface area (Å²) in [4.78, 5) is 10.6. The number of fused-ring (bicyclic) bond motifs is 1. The zero-order chi connectivity index (χ0) is 11.1. The van der Waals surface area contributed by atoms with Gasteiger partial charge in [0.05, 0.1) is 5.60 Å². The minimum atomic E-state index is -0.861. The van der Waals surface area contributed by atoms with Gasteiger partial charge in [0.15, 0.2) is 0 Å². The van der Waals surface area contributed by atoms with Gasteiger partial charge in [0.2, 0.25) is 0 Å². The molecule has 0 radical (unpaired) electrons. The van der Waals surface area contributed by atoms with Crippen LogP contribution in [0.4, 0.5) is 0 Å². The second-order valence-corrected chi connectivity index (χ2v) is 4.45. The summed E-state index contributed by atoms with van der Waals surface area (Å²) in [5, 5.41) is 9.82. The van der Waals surface area contributed by atoms with Crippen LogP contribution >= 0.6 is 0 Å². The third-order valence-corrected chi connectivity index (χ3v) is 2.68. The predicted octanol–water partition coefficient (Wildman–Crippen LogP) is 1.57. The first-order valence-corrected chi connectivity index (χ1v) is 4.98. The maximum atomic E-state index is 10.6. The lowest BCUT2D eigenvalue weighted by Crippen LogP contribution is -2.39. The molecule has 1 atom stereocenters. The second-order valence-electron chi connectivity index (χ2n) is 4.45. The zero-order valence-corrected chi connectivity index (χ0v) is 8.86. The van der Waals surface area contributed by atoms with Crippen molar-refractivity contribution >= 4 is 6.29 Å². The van der Waals surface area contributed by atoms with Crippen LogP contribution in [0.3, 0.4) is 0 Å². The summed E-state index contributed by atoms with van der Waals surface area (Å²) in [6.45, 7) is 3.45. The Morgan fingerprint density at radius 3 is 2.87 bits per heavy atom. The predicted molar refractivity (Wildman–Crippen MR) is 56.2 cm³/mol. The van der Waals surface area contributed by atoms with E-state index in [1.165, 1.54) is 0 Å². The van der Waals surface area contributed by atoms with E-state index >= 15 is 0 Å². The van der Waals surface area contributed by atoms with Crippen molar-refractivity contribution in [2.75, 3.05) is 0 Å². The van der Waals surface area contributed by atoms with Gasteiger partial charge in [-0.3, -0.25) is 4.79 Å². The number of aldehydes is 1. The van der Waals surface area contributed by atoms with Crippen LogP contribution in [0.2, 0.25) is 0 Å². The molecule has 0 aliphatic carbocycles. The molecule has 1 aliphatic heterocycles. The van der Waals surface area contributed by atoms with Gasteiger partial charge < -0.3 is 9.84 Å². The van der Waals surface area contributed by atoms with Crippen molar-refractivity contribution in [1.82, 2.24) is 0 Å². The summed E-state index contributed by atoms with van der Waals surface area (Å²) in [5.41, 5.74) is 0.779. The van der Waals surface area contributed by atoms with Crippen LogP contribution in [0.25, 0.3) is 0 Å². The van der Waals surface area contributed by atoms with Gasteiger partial charge >= 0.3 is 0 Å². The molecule has 1 aromatic rings. The van der Waals surface area contributed by atoms with Gasteiger partial charge in [0.1, 0.15) is 18.1 Å². The molecule has 1 aliphatic rings. The van der Waals surface area contributed by atoms with E-state index in [9.17, 15) is 9.90 Å². The fraction of sp³-hybridized carbons (Fsp3) is 0.417. The van der Waals surface area contributed by atoms with E-state index in [1.807, 2.05) is 6.07 Å². The lowest BCUT2D eigenvalue weighted by atomic mass is 9.97. The normalized spacial score (nSPS) is 19.5. The summed E-state index contributed by atoms with van der Waals surface area (Å²) < 4.78 is 5.60. The first kappa shape index (κ1) is 10.2. The van der Waals surface area contributed by atoms with Gasteiger partial charge in [-0.25, -0.2) is 0 Å². The number of carbonyl (C=O) groups excluding carboxylic acids is 1. The Hall–Kier alpha value is -1.35. The lowest BCUT2D eigenvalue weighted by molar-refractivity contribution is -0.0229. The summed E-state index contributed by atoms with van der Waals surface area (Å²) in [6.07, 6.45) is 1.24. The number of carbonyl (C=O) groups is 1. The largest absolute Gasteiger partial charge is 0.487 e. The Bertz CT molecular complexity index is 390. The molecule has 1 N–H and O–H groups in total. The van der Waals surface area contributed by atoms with Crippen molar-refractivity contribution in [2.45, 2.75) is 32.0 Å². The fourth-order valence-electron chi connectivity index (χ4n) is 1.74. The van der Waals surface area contributed by atoms with Crippen molar-refractivity contribution < 1.29 is 14.6 Å². The third kappa shape index (κ3) is 1.88. The molecule has 3 nitrogen and oxygen atoms in total. The Morgan fingerprint density at radius 2 is 2.27 bits per heavy atom. The molecule has 0 fully saturated rings. The molecule has 80 valence electrons. The monoisotopic (exact) mass is 206 g/mol. The van der Waals surface area contributed by atoms with Crippen LogP contribution in [0.15, 0.2) is 18.2 Å². The highest BCUT2D eigenvalue weighted by Gasteiger charge is 2.34. The summed E-state index contributed by atoms with van der Waals surface area (Å²) >= 11 is 0. The van der Waals surface area contributed by atoms with Gasteiger partial charge in [0, 0.05) is 12.0 Å². The Kier molecular flexibility index (Phi) is 2.27. The molecule has 1 aromatic carbocycles. The first-order chi connectivity index (χ1) is 7.00. The third-order valence-electron chi connectivity index (χ3n) is 2.68. The molecule has 2 rings (SSSR count). The van der Waals surface area contributed by atoms with Crippen LogP contribution in [0.5, 0.6) is 5.75 Å². The lowest BCUT2D eigenvalue weighted by Gasteiger charge is -2.24. The van der Waals surface area contributed by atoms with Crippen LogP contribution in [-0.4, -0.2) is 23.1 Å². The van der Waals surface area contributed by atoms with Gasteiger partial charge in [-0.1, -0.05) is 0 Å². The van der Waals surface area contributed by atoms with Crippen LogP contribution in [0, 0.1) is 0 Å². The molecular formula is C12H14O3. The molecule has 0 saturated carbocycles. The molecule has 0 bridgehead atoms. The van der Waals surface area contributed by atoms with Crippen molar-refractivity contribution in [3.05, 3.63) is 29.3 Å². The zero-order valence-electron chi connectivity index (χ0n) is 8.86. The van der Waals surface area contributed by atoms with Gasteiger partial charge in [-0.05, 0) is 37.6 Å². The Morgan fingerprint density at radius 1 is 1.53 bits per heavy atom. The average molecular weight is 206 g/mol. The van der Waals surface area contributed by atoms with Crippen LogP contribution in [-0.2, 0) is 6.42 Å². The van der Waals surface area contributed by atoms with Crippen molar-refractivity contribution in [3.8, 4) is 5.75 Å². The quantitative estimate of drug-likeness (QED) is 0.747. The number of ether oxygens (including phenoxy) is 1. The highest BCUT2D eigenvalue weighted by Crippen LogP contribution is 2.33. The van der Waals surface area contributed by atoms with E-state index in [-0.39, 0.29) is 6.10 Å². The molecule has 3 heteroatoms. The van der Waals surface area contributed by atoms with Crippen molar-refractivity contribution in [3.63, 3.8) is 0 Å². The van der Waals surface area contributed by atoms with Crippen molar-refractivity contribution in [2.24, 2.45) is 0 Å². The molecule has 0 aromatic heterocycles. The number of benzene rings is 1. The maximum absolute atomic E-state index is 10.6. The van der Waals surface area contributed by atoms with Crippen molar-refractivity contribution in [1.29, 1.82) is 0 Å². The van der Waals surface area contributed by atoms with E-state index in [4.69, 9.17) is 4.74 Å².